The van der Waals surface area contributed by atoms with Crippen LogP contribution in [0.25, 0.3) is 0 Å². The molecule has 0 heterocycles. The van der Waals surface area contributed by atoms with Crippen LogP contribution >= 0.6 is 0 Å². The lowest BCUT2D eigenvalue weighted by atomic mass is 9.85. The molecule has 0 spiro atoms. The number of rotatable bonds is 10. The largest absolute Gasteiger partial charge is 0.387 e. The van der Waals surface area contributed by atoms with Gasteiger partial charge in [-0.2, -0.15) is 0 Å². The fraction of sp³-hybridized carbons (Fsp3) is 0.727. The first kappa shape index (κ1) is 22.4. The number of allylic oxidation sites excluding steroid dienone is 2. The molecule has 1 aliphatic rings. The zero-order valence-corrected chi connectivity index (χ0v) is 18.3. The smallest absolute Gasteiger partial charge is 0.344 e. The van der Waals surface area contributed by atoms with Gasteiger partial charge in [0.05, 0.1) is 12.2 Å². The Hall–Kier alpha value is -0.643. The van der Waals surface area contributed by atoms with Crippen molar-refractivity contribution in [2.24, 2.45) is 5.92 Å². The van der Waals surface area contributed by atoms with E-state index >= 15 is 0 Å². The Balaban J connectivity index is 3.09. The minimum Gasteiger partial charge on any atom is -0.387 e. The zero-order valence-electron chi connectivity index (χ0n) is 17.3. The predicted octanol–water partition coefficient (Wildman–Crippen LogP) is 6.94. The first-order valence-electron chi connectivity index (χ1n) is 10.1. The van der Waals surface area contributed by atoms with Crippen molar-refractivity contribution < 1.29 is 8.85 Å². The Bertz CT molecular complexity index is 413. The summed E-state index contributed by atoms with van der Waals surface area (Å²) in [4.78, 5) is 0. The Labute approximate surface area is 157 Å². The lowest BCUT2D eigenvalue weighted by Gasteiger charge is -2.43. The van der Waals surface area contributed by atoms with Crippen LogP contribution in [0.15, 0.2) is 37.0 Å². The van der Waals surface area contributed by atoms with E-state index in [9.17, 15) is 0 Å². The van der Waals surface area contributed by atoms with Crippen LogP contribution in [0.2, 0.25) is 11.1 Å². The van der Waals surface area contributed by atoms with Crippen LogP contribution in [-0.2, 0) is 8.85 Å². The van der Waals surface area contributed by atoms with Gasteiger partial charge in [0.15, 0.2) is 0 Å². The molecule has 1 fully saturated rings. The van der Waals surface area contributed by atoms with Gasteiger partial charge in [-0.05, 0) is 43.7 Å². The summed E-state index contributed by atoms with van der Waals surface area (Å²) in [5.41, 5.74) is 0.771. The van der Waals surface area contributed by atoms with Crippen LogP contribution in [0.3, 0.4) is 0 Å². The van der Waals surface area contributed by atoms with E-state index in [1.807, 2.05) is 19.9 Å². The van der Waals surface area contributed by atoms with Crippen LogP contribution < -0.4 is 0 Å². The topological polar surface area (TPSA) is 18.5 Å². The van der Waals surface area contributed by atoms with Crippen molar-refractivity contribution in [3.63, 3.8) is 0 Å². The predicted molar refractivity (Wildman–Crippen MR) is 112 cm³/mol. The summed E-state index contributed by atoms with van der Waals surface area (Å²) < 4.78 is 13.7. The van der Waals surface area contributed by atoms with Gasteiger partial charge in [-0.25, -0.2) is 0 Å². The lowest BCUT2D eigenvalue weighted by molar-refractivity contribution is 0.0719. The molecule has 0 bridgehead atoms. The van der Waals surface area contributed by atoms with Gasteiger partial charge in [0.1, 0.15) is 0 Å². The second-order valence-corrected chi connectivity index (χ2v) is 12.1. The molecule has 0 aromatic heterocycles. The zero-order chi connectivity index (χ0) is 18.9. The van der Waals surface area contributed by atoms with Crippen LogP contribution in [0.5, 0.6) is 0 Å². The second-order valence-electron chi connectivity index (χ2n) is 7.88. The van der Waals surface area contributed by atoms with Crippen LogP contribution in [-0.4, -0.2) is 20.8 Å². The Morgan fingerprint density at radius 2 is 1.40 bits per heavy atom. The van der Waals surface area contributed by atoms with E-state index in [0.717, 1.165) is 0 Å². The Kier molecular flexibility index (Phi) is 9.99. The summed E-state index contributed by atoms with van der Waals surface area (Å²) in [7, 11) is -2.43. The standard InChI is InChI=1S/C22H40O2Si/c1-8-14-21(15-9-2)23-25(18(4)5,19(6)7)24-22(10-3)20-16-12-11-13-17-20/h8-10,14-15,18-22H,3,11-13,16-17H2,1-2,4-7H3/b14-8+,15-9+. The van der Waals surface area contributed by atoms with Crippen molar-refractivity contribution in [1.82, 2.24) is 0 Å². The van der Waals surface area contributed by atoms with E-state index in [0.29, 0.717) is 17.0 Å². The molecule has 1 unspecified atom stereocenters. The monoisotopic (exact) mass is 364 g/mol. The lowest BCUT2D eigenvalue weighted by Crippen LogP contribution is -2.53. The Morgan fingerprint density at radius 3 is 1.80 bits per heavy atom. The third kappa shape index (κ3) is 6.23. The molecule has 144 valence electrons. The molecule has 0 amide bonds. The van der Waals surface area contributed by atoms with Crippen LogP contribution in [0.1, 0.15) is 73.6 Å². The highest BCUT2D eigenvalue weighted by Crippen LogP contribution is 2.40. The molecule has 0 aromatic rings. The molecule has 25 heavy (non-hydrogen) atoms. The highest BCUT2D eigenvalue weighted by molar-refractivity contribution is 6.70. The van der Waals surface area contributed by atoms with Crippen LogP contribution in [0, 0.1) is 5.92 Å². The maximum absolute atomic E-state index is 6.90. The molecule has 0 N–H and O–H groups in total. The molecule has 1 atom stereocenters. The van der Waals surface area contributed by atoms with Crippen molar-refractivity contribution in [3.8, 4) is 0 Å². The van der Waals surface area contributed by atoms with E-state index in [1.54, 1.807) is 0 Å². The van der Waals surface area contributed by atoms with Gasteiger partial charge in [-0.1, -0.05) is 77.3 Å². The van der Waals surface area contributed by atoms with Gasteiger partial charge in [0, 0.05) is 0 Å². The van der Waals surface area contributed by atoms with Gasteiger partial charge in [0.25, 0.3) is 0 Å². The summed E-state index contributed by atoms with van der Waals surface area (Å²) in [6.07, 6.45) is 17.0. The molecule has 0 aromatic carbocycles. The summed E-state index contributed by atoms with van der Waals surface area (Å²) >= 11 is 0. The molecule has 3 heteroatoms. The van der Waals surface area contributed by atoms with E-state index in [1.165, 1.54) is 32.1 Å². The third-order valence-electron chi connectivity index (χ3n) is 5.36. The van der Waals surface area contributed by atoms with E-state index < -0.39 is 8.56 Å². The van der Waals surface area contributed by atoms with Gasteiger partial charge in [-0.3, -0.25) is 0 Å². The van der Waals surface area contributed by atoms with Crippen molar-refractivity contribution in [2.75, 3.05) is 0 Å². The van der Waals surface area contributed by atoms with Crippen LogP contribution in [0.4, 0.5) is 0 Å². The molecular weight excluding hydrogens is 324 g/mol. The normalized spacial score (nSPS) is 18.9. The number of hydrogen-bond acceptors (Lipinski definition) is 2. The first-order valence-corrected chi connectivity index (χ1v) is 12.1. The maximum atomic E-state index is 6.90. The first-order chi connectivity index (χ1) is 11.9. The summed E-state index contributed by atoms with van der Waals surface area (Å²) in [6.45, 7) is 17.2. The molecule has 0 radical (unpaired) electrons. The van der Waals surface area contributed by atoms with Crippen molar-refractivity contribution in [3.05, 3.63) is 37.0 Å². The molecule has 2 nitrogen and oxygen atoms in total. The minimum atomic E-state index is -2.43. The fourth-order valence-corrected chi connectivity index (χ4v) is 7.76. The quantitative estimate of drug-likeness (QED) is 0.309. The Morgan fingerprint density at radius 1 is 0.880 bits per heavy atom. The average Bonchev–Trinajstić information content (AvgIpc) is 2.59. The SMILES string of the molecule is C=CC(O[Si](OC(/C=C/C)/C=C/C)(C(C)C)C(C)C)C1CCCCC1. The molecule has 0 aliphatic heterocycles. The van der Waals surface area contributed by atoms with Gasteiger partial charge < -0.3 is 8.85 Å². The van der Waals surface area contributed by atoms with Crippen molar-refractivity contribution in [1.29, 1.82) is 0 Å². The molecule has 1 aliphatic carbocycles. The molecular formula is C22H40O2Si. The van der Waals surface area contributed by atoms with E-state index in [-0.39, 0.29) is 12.2 Å². The maximum Gasteiger partial charge on any atom is 0.344 e. The van der Waals surface area contributed by atoms with Gasteiger partial charge >= 0.3 is 8.56 Å². The van der Waals surface area contributed by atoms with Crippen molar-refractivity contribution in [2.45, 2.75) is 96.9 Å². The third-order valence-corrected chi connectivity index (χ3v) is 9.86. The summed E-state index contributed by atoms with van der Waals surface area (Å²) in [5.74, 6) is 0.598. The summed E-state index contributed by atoms with van der Waals surface area (Å²) in [6, 6.07) is 0. The average molecular weight is 365 g/mol. The van der Waals surface area contributed by atoms with Gasteiger partial charge in [0.2, 0.25) is 0 Å². The minimum absolute atomic E-state index is 0.0108. The van der Waals surface area contributed by atoms with E-state index in [2.05, 4.69) is 58.6 Å². The molecule has 1 rings (SSSR count). The van der Waals surface area contributed by atoms with E-state index in [4.69, 9.17) is 8.85 Å². The summed E-state index contributed by atoms with van der Waals surface area (Å²) in [5, 5.41) is 0. The fourth-order valence-electron chi connectivity index (χ4n) is 3.99. The highest BCUT2D eigenvalue weighted by Gasteiger charge is 2.48. The molecule has 0 saturated heterocycles. The second kappa shape index (κ2) is 11.2. The number of hydrogen-bond donors (Lipinski definition) is 0. The molecule has 1 saturated carbocycles. The van der Waals surface area contributed by atoms with Gasteiger partial charge in [-0.15, -0.1) is 6.58 Å². The van der Waals surface area contributed by atoms with Crippen molar-refractivity contribution >= 4 is 8.56 Å². The highest BCUT2D eigenvalue weighted by atomic mass is 28.4.